The van der Waals surface area contributed by atoms with Gasteiger partial charge in [0.1, 0.15) is 12.1 Å². The summed E-state index contributed by atoms with van der Waals surface area (Å²) >= 11 is 0. The minimum atomic E-state index is -4.60. The lowest BCUT2D eigenvalue weighted by Crippen LogP contribution is -2.34. The number of phosphoric acid groups is 1. The third-order valence-corrected chi connectivity index (χ3v) is 10.8. The van der Waals surface area contributed by atoms with Crippen molar-refractivity contribution in [3.05, 3.63) is 0 Å². The molecule has 0 aromatic carbocycles. The highest BCUT2D eigenvalue weighted by Crippen LogP contribution is 2.43. The van der Waals surface area contributed by atoms with Crippen LogP contribution < -0.4 is 5.73 Å². The van der Waals surface area contributed by atoms with Crippen LogP contribution in [0.3, 0.4) is 0 Å². The molecule has 3 unspecified atom stereocenters. The second-order valence-electron chi connectivity index (χ2n) is 15.2. The minimum absolute atomic E-state index is 0.0241. The summed E-state index contributed by atoms with van der Waals surface area (Å²) in [7, 11) is -4.60. The van der Waals surface area contributed by atoms with Gasteiger partial charge in [0.05, 0.1) is 19.8 Å². The predicted octanol–water partition coefficient (Wildman–Crippen LogP) is 12.0. The van der Waals surface area contributed by atoms with E-state index in [-0.39, 0.29) is 13.0 Å². The zero-order valence-electron chi connectivity index (χ0n) is 34.4. The number of carbonyl (C=O) groups excluding carboxylic acids is 1. The van der Waals surface area contributed by atoms with Crippen LogP contribution in [0.25, 0.3) is 0 Å². The Hall–Kier alpha value is -1.03. The summed E-state index contributed by atoms with van der Waals surface area (Å²) in [6, 6.07) is -1.47. The van der Waals surface area contributed by atoms with Gasteiger partial charge < -0.3 is 25.2 Å². The molecule has 0 rings (SSSR count). The molecule has 0 aromatic rings. The van der Waals surface area contributed by atoms with Gasteiger partial charge in [0.2, 0.25) is 0 Å². The first kappa shape index (κ1) is 52.0. The summed E-state index contributed by atoms with van der Waals surface area (Å²) in [4.78, 5) is 33.4. The molecule has 0 saturated carbocycles. The Morgan fingerprint density at radius 2 is 0.868 bits per heavy atom. The lowest BCUT2D eigenvalue weighted by molar-refractivity contribution is -0.154. The molecule has 0 aromatic heterocycles. The number of hydrogen-bond acceptors (Lipinski definition) is 8. The van der Waals surface area contributed by atoms with Gasteiger partial charge in [-0.15, -0.1) is 0 Å². The number of esters is 1. The van der Waals surface area contributed by atoms with Crippen molar-refractivity contribution in [2.75, 3.05) is 26.4 Å². The van der Waals surface area contributed by atoms with E-state index in [9.17, 15) is 19.0 Å². The molecule has 0 saturated heterocycles. The monoisotopic (exact) mass is 778 g/mol. The van der Waals surface area contributed by atoms with Crippen LogP contribution in [0.5, 0.6) is 0 Å². The second-order valence-corrected chi connectivity index (χ2v) is 16.6. The zero-order chi connectivity index (χ0) is 39.1. The van der Waals surface area contributed by atoms with Crippen molar-refractivity contribution in [1.82, 2.24) is 0 Å². The van der Waals surface area contributed by atoms with Crippen LogP contribution in [0.4, 0.5) is 0 Å². The SMILES string of the molecule is CCCCCCCCCCCCCCCCCCCCCCCCCC(=O)OC(COCCCCCCCCCC)COP(=O)(O)OCC(N)C(=O)O. The summed E-state index contributed by atoms with van der Waals surface area (Å²) < 4.78 is 33.2. The van der Waals surface area contributed by atoms with Crippen molar-refractivity contribution in [3.63, 3.8) is 0 Å². The average Bonchev–Trinajstić information content (AvgIpc) is 3.13. The van der Waals surface area contributed by atoms with E-state index in [0.717, 1.165) is 38.5 Å². The molecule has 11 heteroatoms. The Morgan fingerprint density at radius 1 is 0.528 bits per heavy atom. The van der Waals surface area contributed by atoms with Crippen molar-refractivity contribution < 1.29 is 42.7 Å². The van der Waals surface area contributed by atoms with E-state index in [1.165, 1.54) is 161 Å². The number of carboxylic acids is 1. The van der Waals surface area contributed by atoms with E-state index in [4.69, 9.17) is 29.4 Å². The number of ether oxygens (including phenoxy) is 2. The fourth-order valence-electron chi connectivity index (χ4n) is 6.43. The van der Waals surface area contributed by atoms with Crippen LogP contribution in [0, 0.1) is 0 Å². The maximum absolute atomic E-state index is 12.6. The number of carboxylic acid groups (broad SMARTS) is 1. The predicted molar refractivity (Wildman–Crippen MR) is 217 cm³/mol. The Labute approximate surface area is 325 Å². The number of aliphatic carboxylic acids is 1. The summed E-state index contributed by atoms with van der Waals surface area (Å²) in [6.45, 7) is 3.89. The fraction of sp³-hybridized carbons (Fsp3) is 0.952. The first-order valence-electron chi connectivity index (χ1n) is 22.1. The molecule has 0 bridgehead atoms. The molecule has 0 aliphatic rings. The van der Waals surface area contributed by atoms with Gasteiger partial charge in [-0.2, -0.15) is 0 Å². The standard InChI is InChI=1S/C42H84NO9P/c1-3-5-7-9-11-13-14-15-16-17-18-19-20-21-22-23-24-25-26-27-28-30-32-34-41(44)52-39(36-49-35-33-31-29-12-10-8-6-4-2)37-50-53(47,48)51-38-40(43)42(45)46/h39-40H,3-38,43H2,1-2H3,(H,45,46)(H,47,48). The number of phosphoric ester groups is 1. The van der Waals surface area contributed by atoms with Crippen LogP contribution in [0.1, 0.15) is 219 Å². The normalized spacial score (nSPS) is 13.9. The smallest absolute Gasteiger partial charge is 0.472 e. The van der Waals surface area contributed by atoms with E-state index in [1.54, 1.807) is 0 Å². The number of nitrogens with two attached hydrogens (primary N) is 1. The molecule has 0 aliphatic heterocycles. The summed E-state index contributed by atoms with van der Waals surface area (Å²) in [6.07, 6.45) is 38.9. The van der Waals surface area contributed by atoms with E-state index in [1.807, 2.05) is 0 Å². The first-order valence-corrected chi connectivity index (χ1v) is 23.6. The van der Waals surface area contributed by atoms with Gasteiger partial charge >= 0.3 is 19.8 Å². The summed E-state index contributed by atoms with van der Waals surface area (Å²) in [5, 5.41) is 8.87. The minimum Gasteiger partial charge on any atom is -0.480 e. The van der Waals surface area contributed by atoms with Crippen molar-refractivity contribution in [3.8, 4) is 0 Å². The number of unbranched alkanes of at least 4 members (excludes halogenated alkanes) is 29. The molecule has 0 spiro atoms. The Balaban J connectivity index is 3.99. The van der Waals surface area contributed by atoms with Gasteiger partial charge in [-0.05, 0) is 12.8 Å². The second kappa shape index (κ2) is 39.2. The molecular weight excluding hydrogens is 693 g/mol. The van der Waals surface area contributed by atoms with E-state index in [2.05, 4.69) is 13.8 Å². The average molecular weight is 778 g/mol. The molecule has 0 amide bonds. The van der Waals surface area contributed by atoms with Crippen LogP contribution in [0.2, 0.25) is 0 Å². The lowest BCUT2D eigenvalue weighted by atomic mass is 10.0. The summed E-state index contributed by atoms with van der Waals surface area (Å²) in [5.41, 5.74) is 5.34. The van der Waals surface area contributed by atoms with Gasteiger partial charge in [0, 0.05) is 13.0 Å². The van der Waals surface area contributed by atoms with Crippen molar-refractivity contribution >= 4 is 19.8 Å². The quantitative estimate of drug-likeness (QED) is 0.0309. The number of hydrogen-bond donors (Lipinski definition) is 3. The fourth-order valence-corrected chi connectivity index (χ4v) is 7.21. The zero-order valence-corrected chi connectivity index (χ0v) is 35.3. The topological polar surface area (TPSA) is 155 Å². The maximum atomic E-state index is 12.6. The molecule has 10 nitrogen and oxygen atoms in total. The third-order valence-electron chi connectivity index (χ3n) is 9.89. The largest absolute Gasteiger partial charge is 0.480 e. The van der Waals surface area contributed by atoms with E-state index >= 15 is 0 Å². The van der Waals surface area contributed by atoms with Crippen LogP contribution in [-0.4, -0.2) is 60.5 Å². The van der Waals surface area contributed by atoms with Gasteiger partial charge in [0.25, 0.3) is 0 Å². The molecule has 53 heavy (non-hydrogen) atoms. The highest BCUT2D eigenvalue weighted by Gasteiger charge is 2.27. The molecule has 3 atom stereocenters. The van der Waals surface area contributed by atoms with E-state index in [0.29, 0.717) is 6.61 Å². The third kappa shape index (κ3) is 39.0. The highest BCUT2D eigenvalue weighted by molar-refractivity contribution is 7.47. The van der Waals surface area contributed by atoms with Gasteiger partial charge in [-0.3, -0.25) is 18.6 Å². The van der Waals surface area contributed by atoms with Crippen molar-refractivity contribution in [2.24, 2.45) is 5.73 Å². The van der Waals surface area contributed by atoms with Crippen LogP contribution in [0.15, 0.2) is 0 Å². The van der Waals surface area contributed by atoms with Gasteiger partial charge in [0.15, 0.2) is 0 Å². The molecule has 4 N–H and O–H groups in total. The Kier molecular flexibility index (Phi) is 38.5. The molecule has 0 heterocycles. The summed E-state index contributed by atoms with van der Waals surface area (Å²) in [5.74, 6) is -1.77. The maximum Gasteiger partial charge on any atom is 0.472 e. The molecule has 0 fully saturated rings. The highest BCUT2D eigenvalue weighted by atomic mass is 31.2. The molecular formula is C42H84NO9P. The van der Waals surface area contributed by atoms with Crippen LogP contribution >= 0.6 is 7.82 Å². The van der Waals surface area contributed by atoms with Crippen molar-refractivity contribution in [1.29, 1.82) is 0 Å². The molecule has 0 aliphatic carbocycles. The van der Waals surface area contributed by atoms with Crippen molar-refractivity contribution in [2.45, 2.75) is 231 Å². The number of rotatable bonds is 43. The first-order chi connectivity index (χ1) is 25.7. The molecule has 0 radical (unpaired) electrons. The Bertz CT molecular complexity index is 862. The Morgan fingerprint density at radius 3 is 1.25 bits per heavy atom. The van der Waals surface area contributed by atoms with Gasteiger partial charge in [-0.25, -0.2) is 4.57 Å². The van der Waals surface area contributed by atoms with Gasteiger partial charge in [-0.1, -0.05) is 200 Å². The lowest BCUT2D eigenvalue weighted by Gasteiger charge is -2.20. The number of carbonyl (C=O) groups is 2. The van der Waals surface area contributed by atoms with E-state index < -0.39 is 45.1 Å². The molecule has 316 valence electrons. The van der Waals surface area contributed by atoms with Crippen LogP contribution in [-0.2, 0) is 32.7 Å².